The van der Waals surface area contributed by atoms with Gasteiger partial charge in [0.15, 0.2) is 11.5 Å². The molecule has 1 N–H and O–H groups in total. The fraction of sp³-hybridized carbons (Fsp3) is 0.360. The van der Waals surface area contributed by atoms with Gasteiger partial charge in [-0.1, -0.05) is 31.5 Å². The summed E-state index contributed by atoms with van der Waals surface area (Å²) in [6.45, 7) is 3.96. The average Bonchev–Trinajstić information content (AvgIpc) is 3.23. The fourth-order valence-corrected chi connectivity index (χ4v) is 3.37. The molecule has 1 aliphatic heterocycles. The maximum absolute atomic E-state index is 12.2. The molecule has 1 aliphatic rings. The van der Waals surface area contributed by atoms with E-state index in [1.807, 2.05) is 42.5 Å². The summed E-state index contributed by atoms with van der Waals surface area (Å²) >= 11 is 0. The quantitative estimate of drug-likeness (QED) is 0.457. The maximum atomic E-state index is 12.2. The number of anilines is 1. The Hall–Kier alpha value is -3.28. The van der Waals surface area contributed by atoms with Gasteiger partial charge in [0, 0.05) is 31.3 Å². The highest BCUT2D eigenvalue weighted by molar-refractivity contribution is 5.95. The summed E-state index contributed by atoms with van der Waals surface area (Å²) in [5.74, 6) is 1.34. The van der Waals surface area contributed by atoms with Crippen molar-refractivity contribution >= 4 is 23.6 Å². The molecule has 0 saturated carbocycles. The lowest BCUT2D eigenvalue weighted by atomic mass is 10.1. The van der Waals surface area contributed by atoms with E-state index in [0.29, 0.717) is 31.1 Å². The van der Waals surface area contributed by atoms with Crippen molar-refractivity contribution in [2.24, 2.45) is 0 Å². The van der Waals surface area contributed by atoms with Crippen LogP contribution in [-0.2, 0) is 16.1 Å². The second-order valence-electron chi connectivity index (χ2n) is 7.48. The number of amides is 2. The minimum Gasteiger partial charge on any atom is -0.493 e. The third-order valence-electron chi connectivity index (χ3n) is 5.16. The van der Waals surface area contributed by atoms with Crippen LogP contribution in [0.5, 0.6) is 11.5 Å². The van der Waals surface area contributed by atoms with Crippen molar-refractivity contribution in [2.45, 2.75) is 39.2 Å². The second-order valence-corrected chi connectivity index (χ2v) is 7.48. The molecule has 0 unspecified atom stereocenters. The monoisotopic (exact) mass is 422 g/mol. The highest BCUT2D eigenvalue weighted by Gasteiger charge is 2.21. The van der Waals surface area contributed by atoms with E-state index in [1.54, 1.807) is 18.1 Å². The number of hydrogen-bond acceptors (Lipinski definition) is 4. The van der Waals surface area contributed by atoms with Gasteiger partial charge in [-0.25, -0.2) is 0 Å². The number of carbonyl (C=O) groups is 2. The van der Waals surface area contributed by atoms with Crippen LogP contribution < -0.4 is 19.7 Å². The van der Waals surface area contributed by atoms with Crippen LogP contribution in [0.4, 0.5) is 5.69 Å². The zero-order valence-electron chi connectivity index (χ0n) is 18.2. The lowest BCUT2D eigenvalue weighted by Crippen LogP contribution is -2.23. The summed E-state index contributed by atoms with van der Waals surface area (Å²) in [5.41, 5.74) is 2.75. The minimum atomic E-state index is -0.180. The molecule has 3 rings (SSSR count). The smallest absolute Gasteiger partial charge is 0.244 e. The van der Waals surface area contributed by atoms with Gasteiger partial charge in [-0.2, -0.15) is 0 Å². The molecular formula is C25H30N2O4. The zero-order valence-corrected chi connectivity index (χ0v) is 18.2. The summed E-state index contributed by atoms with van der Waals surface area (Å²) in [5, 5.41) is 2.88. The van der Waals surface area contributed by atoms with E-state index in [0.717, 1.165) is 42.6 Å². The Balaban J connectivity index is 1.51. The minimum absolute atomic E-state index is 0.170. The van der Waals surface area contributed by atoms with Crippen LogP contribution in [0, 0.1) is 0 Å². The molecule has 0 bridgehead atoms. The molecule has 2 aromatic rings. The topological polar surface area (TPSA) is 67.9 Å². The molecule has 6 heteroatoms. The van der Waals surface area contributed by atoms with E-state index in [4.69, 9.17) is 9.47 Å². The van der Waals surface area contributed by atoms with Crippen molar-refractivity contribution in [3.8, 4) is 11.5 Å². The summed E-state index contributed by atoms with van der Waals surface area (Å²) < 4.78 is 11.1. The number of nitrogens with zero attached hydrogens (tertiary/aromatic N) is 1. The molecule has 0 aromatic heterocycles. The van der Waals surface area contributed by atoms with Gasteiger partial charge in [-0.05, 0) is 54.3 Å². The number of carbonyl (C=O) groups excluding carboxylic acids is 2. The van der Waals surface area contributed by atoms with E-state index in [9.17, 15) is 9.59 Å². The van der Waals surface area contributed by atoms with Gasteiger partial charge < -0.3 is 19.7 Å². The van der Waals surface area contributed by atoms with Crippen LogP contribution >= 0.6 is 0 Å². The van der Waals surface area contributed by atoms with E-state index >= 15 is 0 Å². The lowest BCUT2D eigenvalue weighted by Gasteiger charge is -2.15. The van der Waals surface area contributed by atoms with Gasteiger partial charge in [-0.3, -0.25) is 9.59 Å². The third-order valence-corrected chi connectivity index (χ3v) is 5.16. The molecule has 1 saturated heterocycles. The second kappa shape index (κ2) is 11.2. The summed E-state index contributed by atoms with van der Waals surface area (Å²) in [6.07, 6.45) is 6.83. The number of ether oxygens (including phenoxy) is 2. The molecule has 0 spiro atoms. The Morgan fingerprint density at radius 3 is 2.65 bits per heavy atom. The van der Waals surface area contributed by atoms with Gasteiger partial charge in [0.25, 0.3) is 0 Å². The predicted molar refractivity (Wildman–Crippen MR) is 122 cm³/mol. The Morgan fingerprint density at radius 1 is 1.16 bits per heavy atom. The van der Waals surface area contributed by atoms with Crippen LogP contribution in [0.2, 0.25) is 0 Å². The van der Waals surface area contributed by atoms with Gasteiger partial charge in [-0.15, -0.1) is 0 Å². The molecular weight excluding hydrogens is 392 g/mol. The first-order valence-electron chi connectivity index (χ1n) is 10.8. The van der Waals surface area contributed by atoms with Crippen molar-refractivity contribution in [2.75, 3.05) is 25.2 Å². The summed E-state index contributed by atoms with van der Waals surface area (Å²) in [6, 6.07) is 13.3. The Labute approximate surface area is 183 Å². The number of unbranched alkanes of at least 4 members (excludes halogenated alkanes) is 1. The Bertz CT molecular complexity index is 922. The molecule has 0 radical (unpaired) electrons. The van der Waals surface area contributed by atoms with Crippen LogP contribution in [-0.4, -0.2) is 32.1 Å². The van der Waals surface area contributed by atoms with Crippen LogP contribution in [0.25, 0.3) is 6.08 Å². The van der Waals surface area contributed by atoms with Gasteiger partial charge in [0.2, 0.25) is 11.8 Å². The highest BCUT2D eigenvalue weighted by atomic mass is 16.5. The number of methoxy groups -OCH3 is 1. The van der Waals surface area contributed by atoms with Gasteiger partial charge in [0.05, 0.1) is 13.7 Å². The summed E-state index contributed by atoms with van der Waals surface area (Å²) in [4.78, 5) is 25.8. The number of nitrogens with one attached hydrogen (secondary N) is 1. The predicted octanol–water partition coefficient (Wildman–Crippen LogP) is 4.33. The molecule has 0 aliphatic carbocycles. The van der Waals surface area contributed by atoms with Crippen molar-refractivity contribution in [1.29, 1.82) is 0 Å². The normalized spacial score (nSPS) is 13.6. The fourth-order valence-electron chi connectivity index (χ4n) is 3.37. The summed E-state index contributed by atoms with van der Waals surface area (Å²) in [7, 11) is 1.60. The van der Waals surface area contributed by atoms with Crippen LogP contribution in [0.1, 0.15) is 43.7 Å². The molecule has 31 heavy (non-hydrogen) atoms. The van der Waals surface area contributed by atoms with Crippen molar-refractivity contribution in [3.63, 3.8) is 0 Å². The first-order valence-corrected chi connectivity index (χ1v) is 10.8. The Kier molecular flexibility index (Phi) is 8.10. The van der Waals surface area contributed by atoms with Crippen molar-refractivity contribution in [3.05, 3.63) is 59.7 Å². The van der Waals surface area contributed by atoms with Crippen molar-refractivity contribution in [1.82, 2.24) is 5.32 Å². The molecule has 0 atom stereocenters. The van der Waals surface area contributed by atoms with Gasteiger partial charge >= 0.3 is 0 Å². The largest absolute Gasteiger partial charge is 0.493 e. The SMILES string of the molecule is CCCCOc1ccc(/C=C/C(=O)NCc2ccc(N3CCCC3=O)cc2)cc1OC. The number of hydrogen-bond donors (Lipinski definition) is 1. The maximum Gasteiger partial charge on any atom is 0.244 e. The van der Waals surface area contributed by atoms with E-state index in [-0.39, 0.29) is 11.8 Å². The molecule has 1 fully saturated rings. The molecule has 1 heterocycles. The number of rotatable bonds is 10. The molecule has 6 nitrogen and oxygen atoms in total. The average molecular weight is 423 g/mol. The zero-order chi connectivity index (χ0) is 22.1. The molecule has 2 amide bonds. The standard InChI is InChI=1S/C25H30N2O4/c1-3-4-16-31-22-13-9-19(17-23(22)30-2)10-14-24(28)26-18-20-7-11-21(12-8-20)27-15-5-6-25(27)29/h7-14,17H,3-6,15-16,18H2,1-2H3,(H,26,28)/b14-10+. The van der Waals surface area contributed by atoms with Crippen LogP contribution in [0.3, 0.4) is 0 Å². The lowest BCUT2D eigenvalue weighted by molar-refractivity contribution is -0.117. The molecule has 2 aromatic carbocycles. The Morgan fingerprint density at radius 2 is 1.97 bits per heavy atom. The van der Waals surface area contributed by atoms with Gasteiger partial charge in [0.1, 0.15) is 0 Å². The van der Waals surface area contributed by atoms with Crippen LogP contribution in [0.15, 0.2) is 48.5 Å². The third kappa shape index (κ3) is 6.35. The highest BCUT2D eigenvalue weighted by Crippen LogP contribution is 2.28. The van der Waals surface area contributed by atoms with E-state index in [1.165, 1.54) is 6.08 Å². The van der Waals surface area contributed by atoms with E-state index < -0.39 is 0 Å². The molecule has 164 valence electrons. The first-order chi connectivity index (χ1) is 15.1. The van der Waals surface area contributed by atoms with E-state index in [2.05, 4.69) is 12.2 Å². The van der Waals surface area contributed by atoms with Crippen molar-refractivity contribution < 1.29 is 19.1 Å². The number of benzene rings is 2. The first kappa shape index (κ1) is 22.4.